The van der Waals surface area contributed by atoms with E-state index < -0.39 is 18.8 Å². The van der Waals surface area contributed by atoms with Crippen molar-refractivity contribution in [1.29, 1.82) is 0 Å². The second-order valence-corrected chi connectivity index (χ2v) is 2.64. The monoisotopic (exact) mass is 205 g/mol. The molecule has 0 radical (unpaired) electrons. The van der Waals surface area contributed by atoms with Gasteiger partial charge in [-0.25, -0.2) is 13.2 Å². The fourth-order valence-corrected chi connectivity index (χ4v) is 0.978. The standard InChI is InChI=1S/C9H10F3NO/c10-8(11)5-14-7-3-1-2-6(4-13)9(7)12/h1-3,8H,4-5,13H2. The van der Waals surface area contributed by atoms with Gasteiger partial charge in [0.15, 0.2) is 11.6 Å². The Morgan fingerprint density at radius 3 is 2.64 bits per heavy atom. The molecule has 0 heterocycles. The van der Waals surface area contributed by atoms with Crippen LogP contribution in [0.25, 0.3) is 0 Å². The largest absolute Gasteiger partial charge is 0.485 e. The molecule has 1 aromatic carbocycles. The zero-order chi connectivity index (χ0) is 10.6. The minimum Gasteiger partial charge on any atom is -0.485 e. The average Bonchev–Trinajstić information content (AvgIpc) is 2.16. The summed E-state index contributed by atoms with van der Waals surface area (Å²) in [6.07, 6.45) is -2.61. The minimum absolute atomic E-state index is 0.0116. The van der Waals surface area contributed by atoms with Crippen LogP contribution in [-0.2, 0) is 6.54 Å². The minimum atomic E-state index is -2.61. The quantitative estimate of drug-likeness (QED) is 0.815. The summed E-state index contributed by atoms with van der Waals surface area (Å²) in [7, 11) is 0. The fraction of sp³-hybridized carbons (Fsp3) is 0.333. The zero-order valence-electron chi connectivity index (χ0n) is 7.34. The molecule has 0 aromatic heterocycles. The Hall–Kier alpha value is -1.23. The molecule has 0 fully saturated rings. The molecule has 1 rings (SSSR count). The van der Waals surface area contributed by atoms with Crippen LogP contribution in [0.15, 0.2) is 18.2 Å². The third-order valence-corrected chi connectivity index (χ3v) is 1.63. The summed E-state index contributed by atoms with van der Waals surface area (Å²) in [6.45, 7) is -0.803. The molecule has 14 heavy (non-hydrogen) atoms. The highest BCUT2D eigenvalue weighted by Crippen LogP contribution is 2.20. The van der Waals surface area contributed by atoms with Crippen molar-refractivity contribution >= 4 is 0 Å². The summed E-state index contributed by atoms with van der Waals surface area (Å²) in [5.41, 5.74) is 5.48. The first-order valence-corrected chi connectivity index (χ1v) is 4.03. The number of hydrogen-bond acceptors (Lipinski definition) is 2. The Morgan fingerprint density at radius 2 is 2.07 bits per heavy atom. The first-order valence-electron chi connectivity index (χ1n) is 4.03. The van der Waals surface area contributed by atoms with Crippen molar-refractivity contribution in [1.82, 2.24) is 0 Å². The molecule has 0 spiro atoms. The first kappa shape index (κ1) is 10.8. The van der Waals surface area contributed by atoms with Gasteiger partial charge in [0.05, 0.1) is 0 Å². The Morgan fingerprint density at radius 1 is 1.36 bits per heavy atom. The van der Waals surface area contributed by atoms with Crippen LogP contribution < -0.4 is 10.5 Å². The molecule has 0 saturated carbocycles. The van der Waals surface area contributed by atoms with Crippen molar-refractivity contribution in [3.8, 4) is 5.75 Å². The molecular weight excluding hydrogens is 195 g/mol. The highest BCUT2D eigenvalue weighted by molar-refractivity contribution is 5.30. The highest BCUT2D eigenvalue weighted by atomic mass is 19.3. The van der Waals surface area contributed by atoms with Gasteiger partial charge in [0.1, 0.15) is 6.61 Å². The predicted molar refractivity (Wildman–Crippen MR) is 45.8 cm³/mol. The first-order chi connectivity index (χ1) is 6.65. The topological polar surface area (TPSA) is 35.2 Å². The molecular formula is C9H10F3NO. The van der Waals surface area contributed by atoms with E-state index in [9.17, 15) is 13.2 Å². The molecule has 0 atom stereocenters. The Kier molecular flexibility index (Phi) is 3.76. The summed E-state index contributed by atoms with van der Waals surface area (Å²) >= 11 is 0. The smallest absolute Gasteiger partial charge is 0.272 e. The van der Waals surface area contributed by atoms with Crippen LogP contribution in [0, 0.1) is 5.82 Å². The van der Waals surface area contributed by atoms with E-state index in [4.69, 9.17) is 5.73 Å². The van der Waals surface area contributed by atoms with Gasteiger partial charge in [-0.3, -0.25) is 0 Å². The summed E-state index contributed by atoms with van der Waals surface area (Å²) < 4.78 is 41.4. The van der Waals surface area contributed by atoms with Gasteiger partial charge in [-0.15, -0.1) is 0 Å². The molecule has 0 unspecified atom stereocenters. The van der Waals surface area contributed by atoms with E-state index in [0.29, 0.717) is 0 Å². The van der Waals surface area contributed by atoms with Crippen LogP contribution in [0.1, 0.15) is 5.56 Å². The maximum atomic E-state index is 13.3. The van der Waals surface area contributed by atoms with Crippen molar-refractivity contribution in [3.63, 3.8) is 0 Å². The van der Waals surface area contributed by atoms with Crippen LogP contribution in [0.5, 0.6) is 5.75 Å². The fourth-order valence-electron chi connectivity index (χ4n) is 0.978. The second kappa shape index (κ2) is 4.85. The lowest BCUT2D eigenvalue weighted by molar-refractivity contribution is 0.0798. The van der Waals surface area contributed by atoms with Gasteiger partial charge < -0.3 is 10.5 Å². The van der Waals surface area contributed by atoms with Crippen molar-refractivity contribution in [2.75, 3.05) is 6.61 Å². The van der Waals surface area contributed by atoms with Crippen LogP contribution in [0.3, 0.4) is 0 Å². The number of hydrogen-bond donors (Lipinski definition) is 1. The number of ether oxygens (including phenoxy) is 1. The van der Waals surface area contributed by atoms with Crippen molar-refractivity contribution in [2.24, 2.45) is 5.73 Å². The Balaban J connectivity index is 2.76. The van der Waals surface area contributed by atoms with Gasteiger partial charge in [-0.1, -0.05) is 12.1 Å². The third-order valence-electron chi connectivity index (χ3n) is 1.63. The molecule has 78 valence electrons. The highest BCUT2D eigenvalue weighted by Gasteiger charge is 2.10. The SMILES string of the molecule is NCc1cccc(OCC(F)F)c1F. The van der Waals surface area contributed by atoms with E-state index in [1.54, 1.807) is 0 Å². The molecule has 1 aromatic rings. The van der Waals surface area contributed by atoms with E-state index in [0.717, 1.165) is 0 Å². The molecule has 0 aliphatic rings. The van der Waals surface area contributed by atoms with Crippen molar-refractivity contribution in [2.45, 2.75) is 13.0 Å². The number of rotatable bonds is 4. The Bertz CT molecular complexity index is 304. The number of alkyl halides is 2. The summed E-state index contributed by atoms with van der Waals surface area (Å²) in [4.78, 5) is 0. The summed E-state index contributed by atoms with van der Waals surface area (Å²) in [5.74, 6) is -0.857. The van der Waals surface area contributed by atoms with Crippen molar-refractivity contribution < 1.29 is 17.9 Å². The molecule has 0 saturated heterocycles. The van der Waals surface area contributed by atoms with Gasteiger partial charge in [-0.05, 0) is 6.07 Å². The van der Waals surface area contributed by atoms with Gasteiger partial charge in [0, 0.05) is 12.1 Å². The van der Waals surface area contributed by atoms with Crippen molar-refractivity contribution in [3.05, 3.63) is 29.6 Å². The predicted octanol–water partition coefficient (Wildman–Crippen LogP) is 1.93. The van der Waals surface area contributed by atoms with Gasteiger partial charge in [-0.2, -0.15) is 0 Å². The van der Waals surface area contributed by atoms with Crippen LogP contribution in [0.4, 0.5) is 13.2 Å². The van der Waals surface area contributed by atoms with Gasteiger partial charge in [0.2, 0.25) is 0 Å². The maximum absolute atomic E-state index is 13.3. The van der Waals surface area contributed by atoms with E-state index in [2.05, 4.69) is 4.74 Å². The molecule has 2 nitrogen and oxygen atoms in total. The average molecular weight is 205 g/mol. The van der Waals surface area contributed by atoms with E-state index in [-0.39, 0.29) is 17.9 Å². The molecule has 2 N–H and O–H groups in total. The zero-order valence-corrected chi connectivity index (χ0v) is 7.34. The van der Waals surface area contributed by atoms with Gasteiger partial charge >= 0.3 is 0 Å². The molecule has 5 heteroatoms. The lowest BCUT2D eigenvalue weighted by Crippen LogP contribution is -2.09. The number of benzene rings is 1. The lowest BCUT2D eigenvalue weighted by Gasteiger charge is -2.08. The van der Waals surface area contributed by atoms with Crippen LogP contribution in [-0.4, -0.2) is 13.0 Å². The number of halogens is 3. The van der Waals surface area contributed by atoms with E-state index in [1.165, 1.54) is 18.2 Å². The molecule has 0 amide bonds. The summed E-state index contributed by atoms with van der Waals surface area (Å²) in [6, 6.07) is 4.27. The van der Waals surface area contributed by atoms with E-state index in [1.807, 2.05) is 0 Å². The van der Waals surface area contributed by atoms with Crippen LogP contribution >= 0.6 is 0 Å². The molecule has 0 bridgehead atoms. The summed E-state index contributed by atoms with van der Waals surface area (Å²) in [5, 5.41) is 0. The number of nitrogens with two attached hydrogens (primary N) is 1. The second-order valence-electron chi connectivity index (χ2n) is 2.64. The molecule has 0 aliphatic carbocycles. The normalized spacial score (nSPS) is 10.6. The van der Waals surface area contributed by atoms with Gasteiger partial charge in [0.25, 0.3) is 6.43 Å². The third kappa shape index (κ3) is 2.63. The maximum Gasteiger partial charge on any atom is 0.272 e. The van der Waals surface area contributed by atoms with E-state index >= 15 is 0 Å². The lowest BCUT2D eigenvalue weighted by atomic mass is 10.2. The molecule has 0 aliphatic heterocycles. The van der Waals surface area contributed by atoms with Crippen LogP contribution in [0.2, 0.25) is 0 Å². The Labute approximate surface area is 79.5 Å².